The molecule has 2 amide bonds. The Labute approximate surface area is 178 Å². The van der Waals surface area contributed by atoms with Crippen molar-refractivity contribution < 1.29 is 14.4 Å². The van der Waals surface area contributed by atoms with Crippen molar-refractivity contribution in [1.29, 1.82) is 0 Å². The van der Waals surface area contributed by atoms with Crippen LogP contribution in [0, 0.1) is 11.8 Å². The monoisotopic (exact) mass is 415 g/mol. The molecule has 4 aliphatic rings. The van der Waals surface area contributed by atoms with Crippen molar-refractivity contribution in [3.05, 3.63) is 65.4 Å². The molecular weight excluding hydrogens is 394 g/mol. The first-order chi connectivity index (χ1) is 15.2. The third kappa shape index (κ3) is 2.98. The molecule has 2 fully saturated rings. The van der Waals surface area contributed by atoms with E-state index in [9.17, 15) is 9.59 Å². The first kappa shape index (κ1) is 18.1. The molecule has 1 saturated carbocycles. The number of piperidine rings is 1. The van der Waals surface area contributed by atoms with Gasteiger partial charge >= 0.3 is 0 Å². The second kappa shape index (κ2) is 6.95. The fraction of sp³-hybridized carbons (Fsp3) is 0.261. The summed E-state index contributed by atoms with van der Waals surface area (Å²) in [6, 6.07) is 15.4. The lowest BCUT2D eigenvalue weighted by molar-refractivity contribution is -0.126. The lowest BCUT2D eigenvalue weighted by atomic mass is 10.0. The third-order valence-corrected chi connectivity index (χ3v) is 6.37. The van der Waals surface area contributed by atoms with E-state index in [1.165, 1.54) is 0 Å². The van der Waals surface area contributed by atoms with Gasteiger partial charge in [0.1, 0.15) is 5.71 Å². The average molecular weight is 415 g/mol. The number of amides is 2. The summed E-state index contributed by atoms with van der Waals surface area (Å²) in [7, 11) is 0. The Morgan fingerprint density at radius 3 is 2.45 bits per heavy atom. The molecule has 2 aromatic carbocycles. The van der Waals surface area contributed by atoms with Gasteiger partial charge in [-0.05, 0) is 24.0 Å². The molecule has 1 aliphatic carbocycles. The summed E-state index contributed by atoms with van der Waals surface area (Å²) in [5.74, 6) is 0.703. The summed E-state index contributed by atoms with van der Waals surface area (Å²) >= 11 is 0. The van der Waals surface area contributed by atoms with Gasteiger partial charge in [-0.1, -0.05) is 41.6 Å². The smallest absolute Gasteiger partial charge is 0.261 e. The maximum Gasteiger partial charge on any atom is 0.261 e. The molecule has 0 radical (unpaired) electrons. The first-order valence-corrected chi connectivity index (χ1v) is 10.4. The SMILES string of the molecule is O=C(CO/N=C1/C(=C2/C(=O)Nc3ccccc32)Nc2ccccc21)N[C@@H]1[C@@H]2CNC[C@@H]21. The lowest BCUT2D eigenvalue weighted by Gasteiger charge is -2.08. The maximum absolute atomic E-state index is 12.7. The van der Waals surface area contributed by atoms with Gasteiger partial charge in [0.2, 0.25) is 0 Å². The summed E-state index contributed by atoms with van der Waals surface area (Å²) < 4.78 is 0. The van der Waals surface area contributed by atoms with Gasteiger partial charge in [0, 0.05) is 41.6 Å². The Bertz CT molecular complexity index is 1160. The predicted octanol–water partition coefficient (Wildman–Crippen LogP) is 1.53. The van der Waals surface area contributed by atoms with E-state index in [-0.39, 0.29) is 24.5 Å². The van der Waals surface area contributed by atoms with Crippen LogP contribution in [-0.2, 0) is 14.4 Å². The number of nitrogens with one attached hydrogen (secondary N) is 4. The fourth-order valence-corrected chi connectivity index (χ4v) is 4.78. The quantitative estimate of drug-likeness (QED) is 0.448. The highest BCUT2D eigenvalue weighted by Crippen LogP contribution is 2.41. The highest BCUT2D eigenvalue weighted by Gasteiger charge is 2.53. The number of oxime groups is 1. The zero-order valence-electron chi connectivity index (χ0n) is 16.6. The minimum Gasteiger partial charge on any atom is -0.385 e. The summed E-state index contributed by atoms with van der Waals surface area (Å²) in [6.45, 7) is 1.75. The molecule has 0 aromatic heterocycles. The molecule has 6 rings (SSSR count). The number of carbonyl (C=O) groups is 2. The predicted molar refractivity (Wildman–Crippen MR) is 116 cm³/mol. The van der Waals surface area contributed by atoms with Gasteiger partial charge in [0.25, 0.3) is 11.8 Å². The highest BCUT2D eigenvalue weighted by atomic mass is 16.6. The van der Waals surface area contributed by atoms with Crippen molar-refractivity contribution in [3.63, 3.8) is 0 Å². The molecule has 0 unspecified atom stereocenters. The number of hydrogen-bond donors (Lipinski definition) is 4. The molecule has 0 spiro atoms. The van der Waals surface area contributed by atoms with Crippen LogP contribution in [0.4, 0.5) is 11.4 Å². The molecular formula is C23H21N5O3. The molecule has 8 heteroatoms. The van der Waals surface area contributed by atoms with Crippen molar-refractivity contribution >= 4 is 34.5 Å². The van der Waals surface area contributed by atoms with Gasteiger partial charge in [-0.3, -0.25) is 9.59 Å². The lowest BCUT2D eigenvalue weighted by Crippen LogP contribution is -2.34. The Morgan fingerprint density at radius 2 is 1.68 bits per heavy atom. The molecule has 2 aromatic rings. The molecule has 156 valence electrons. The number of para-hydroxylation sites is 2. The van der Waals surface area contributed by atoms with Crippen molar-refractivity contribution in [2.24, 2.45) is 17.0 Å². The number of anilines is 2. The van der Waals surface area contributed by atoms with Gasteiger partial charge in [0.05, 0.1) is 11.3 Å². The van der Waals surface area contributed by atoms with Gasteiger partial charge in [-0.15, -0.1) is 0 Å². The largest absolute Gasteiger partial charge is 0.385 e. The highest BCUT2D eigenvalue weighted by molar-refractivity contribution is 6.39. The summed E-state index contributed by atoms with van der Waals surface area (Å²) in [5, 5.41) is 16.8. The number of rotatable bonds is 4. The zero-order chi connectivity index (χ0) is 20.9. The van der Waals surface area contributed by atoms with E-state index in [2.05, 4.69) is 26.4 Å². The molecule has 3 aliphatic heterocycles. The Hall–Kier alpha value is -3.65. The van der Waals surface area contributed by atoms with E-state index in [0.717, 1.165) is 35.6 Å². The minimum absolute atomic E-state index is 0.166. The van der Waals surface area contributed by atoms with E-state index in [1.807, 2.05) is 48.5 Å². The normalized spacial score (nSPS) is 28.5. The number of hydrogen-bond acceptors (Lipinski definition) is 6. The van der Waals surface area contributed by atoms with Crippen molar-refractivity contribution in [2.45, 2.75) is 6.04 Å². The van der Waals surface area contributed by atoms with Crippen LogP contribution >= 0.6 is 0 Å². The first-order valence-electron chi connectivity index (χ1n) is 10.4. The van der Waals surface area contributed by atoms with Crippen LogP contribution in [0.15, 0.2) is 59.4 Å². The van der Waals surface area contributed by atoms with Gasteiger partial charge in [-0.25, -0.2) is 0 Å². The van der Waals surface area contributed by atoms with Crippen LogP contribution in [-0.4, -0.2) is 43.3 Å². The molecule has 3 heterocycles. The topological polar surface area (TPSA) is 104 Å². The van der Waals surface area contributed by atoms with E-state index in [4.69, 9.17) is 4.84 Å². The summed E-state index contributed by atoms with van der Waals surface area (Å²) in [5.41, 5.74) is 4.83. The van der Waals surface area contributed by atoms with Crippen LogP contribution in [0.2, 0.25) is 0 Å². The van der Waals surface area contributed by atoms with Gasteiger partial charge < -0.3 is 26.1 Å². The average Bonchev–Trinajstić information content (AvgIpc) is 3.15. The Balaban J connectivity index is 1.27. The minimum atomic E-state index is -0.198. The third-order valence-electron chi connectivity index (χ3n) is 6.37. The maximum atomic E-state index is 12.7. The van der Waals surface area contributed by atoms with Crippen LogP contribution in [0.5, 0.6) is 0 Å². The van der Waals surface area contributed by atoms with Gasteiger partial charge in [-0.2, -0.15) is 0 Å². The van der Waals surface area contributed by atoms with Crippen molar-refractivity contribution in [3.8, 4) is 0 Å². The van der Waals surface area contributed by atoms with Crippen molar-refractivity contribution in [1.82, 2.24) is 10.6 Å². The number of carbonyl (C=O) groups excluding carboxylic acids is 2. The van der Waals surface area contributed by atoms with Crippen LogP contribution in [0.1, 0.15) is 11.1 Å². The Morgan fingerprint density at radius 1 is 1.00 bits per heavy atom. The molecule has 31 heavy (non-hydrogen) atoms. The standard InChI is InChI=1S/C23H21N5O3/c29-18(27-20-14-9-24-10-15(14)20)11-31-28-21-13-6-2-4-8-17(13)25-22(21)19-12-5-1-3-7-16(12)26-23(19)30/h1-8,14-15,20,24-25H,9-11H2,(H,26,30)(H,27,29)/b22-19-,28-21+/t14-,15+,20-. The molecule has 0 bridgehead atoms. The number of allylic oxidation sites excluding steroid dienone is 1. The molecule has 3 atom stereocenters. The Kier molecular flexibility index (Phi) is 4.07. The van der Waals surface area contributed by atoms with E-state index >= 15 is 0 Å². The summed E-state index contributed by atoms with van der Waals surface area (Å²) in [6.07, 6.45) is 0. The van der Waals surface area contributed by atoms with Crippen LogP contribution in [0.3, 0.4) is 0 Å². The second-order valence-electron chi connectivity index (χ2n) is 8.21. The van der Waals surface area contributed by atoms with Crippen LogP contribution < -0.4 is 21.3 Å². The summed E-state index contributed by atoms with van der Waals surface area (Å²) in [4.78, 5) is 30.5. The second-order valence-corrected chi connectivity index (χ2v) is 8.21. The molecule has 8 nitrogen and oxygen atoms in total. The zero-order valence-corrected chi connectivity index (χ0v) is 16.6. The van der Waals surface area contributed by atoms with E-state index in [1.54, 1.807) is 0 Å². The van der Waals surface area contributed by atoms with Gasteiger partial charge in [0.15, 0.2) is 6.61 Å². The van der Waals surface area contributed by atoms with Crippen molar-refractivity contribution in [2.75, 3.05) is 30.3 Å². The molecule has 1 saturated heterocycles. The number of nitrogens with zero attached hydrogens (tertiary/aromatic N) is 1. The van der Waals surface area contributed by atoms with Crippen LogP contribution in [0.25, 0.3) is 5.57 Å². The van der Waals surface area contributed by atoms with E-state index in [0.29, 0.717) is 28.8 Å². The van der Waals surface area contributed by atoms with E-state index < -0.39 is 0 Å². The molecule has 4 N–H and O–H groups in total. The number of fused-ring (bicyclic) bond motifs is 3. The number of benzene rings is 2. The fourth-order valence-electron chi connectivity index (χ4n) is 4.78.